The van der Waals surface area contributed by atoms with Crippen LogP contribution in [0.2, 0.25) is 0 Å². The number of aromatic nitrogens is 1. The Hall–Kier alpha value is -2.20. The Morgan fingerprint density at radius 3 is 2.59 bits per heavy atom. The molecule has 0 bridgehead atoms. The molecule has 2 aromatic rings. The number of hydrogen-bond donors (Lipinski definition) is 2. The van der Waals surface area contributed by atoms with Crippen LogP contribution < -0.4 is 11.1 Å². The van der Waals surface area contributed by atoms with E-state index in [2.05, 4.69) is 37.1 Å². The Balaban J connectivity index is 1.62. The number of nitrogens with two attached hydrogens (primary N) is 1. The number of nitrogens with zero attached hydrogens (tertiary/aromatic N) is 1. The molecule has 3 rings (SSSR count). The molecular formula is C23H31N3O. The molecule has 3 N–H and O–H groups in total. The smallest absolute Gasteiger partial charge is 0.248 e. The van der Waals surface area contributed by atoms with Gasteiger partial charge in [-0.1, -0.05) is 32.0 Å². The number of aryl methyl sites for hydroxylation is 1. The summed E-state index contributed by atoms with van der Waals surface area (Å²) in [6.07, 6.45) is 7.15. The van der Waals surface area contributed by atoms with Crippen molar-refractivity contribution in [1.29, 1.82) is 0 Å². The second-order valence-corrected chi connectivity index (χ2v) is 8.19. The van der Waals surface area contributed by atoms with Crippen LogP contribution in [0.4, 0.5) is 0 Å². The molecule has 1 heterocycles. The predicted octanol–water partition coefficient (Wildman–Crippen LogP) is 4.46. The minimum absolute atomic E-state index is 0.414. The molecule has 1 amide bonds. The van der Waals surface area contributed by atoms with Crippen LogP contribution in [0, 0.1) is 18.8 Å². The van der Waals surface area contributed by atoms with Gasteiger partial charge in [-0.3, -0.25) is 9.78 Å². The Bertz CT molecular complexity index is 792. The molecule has 1 aliphatic rings. The van der Waals surface area contributed by atoms with Crippen molar-refractivity contribution in [3.63, 3.8) is 0 Å². The summed E-state index contributed by atoms with van der Waals surface area (Å²) in [6.45, 7) is 7.60. The first-order valence-corrected chi connectivity index (χ1v) is 10.0. The summed E-state index contributed by atoms with van der Waals surface area (Å²) in [5, 5.41) is 3.71. The molecule has 4 nitrogen and oxygen atoms in total. The van der Waals surface area contributed by atoms with Crippen molar-refractivity contribution in [2.45, 2.75) is 59.0 Å². The van der Waals surface area contributed by atoms with Crippen molar-refractivity contribution in [2.75, 3.05) is 0 Å². The third-order valence-electron chi connectivity index (χ3n) is 5.86. The summed E-state index contributed by atoms with van der Waals surface area (Å²) in [7, 11) is 0. The zero-order valence-corrected chi connectivity index (χ0v) is 16.7. The number of nitrogens with one attached hydrogen (secondary N) is 1. The van der Waals surface area contributed by atoms with E-state index in [0.717, 1.165) is 35.2 Å². The van der Waals surface area contributed by atoms with Crippen LogP contribution in [0.15, 0.2) is 36.5 Å². The average molecular weight is 366 g/mol. The van der Waals surface area contributed by atoms with Crippen LogP contribution >= 0.6 is 0 Å². The zero-order valence-electron chi connectivity index (χ0n) is 16.7. The van der Waals surface area contributed by atoms with Gasteiger partial charge in [-0.15, -0.1) is 0 Å². The van der Waals surface area contributed by atoms with Gasteiger partial charge in [0.1, 0.15) is 0 Å². The molecule has 1 aromatic carbocycles. The van der Waals surface area contributed by atoms with Gasteiger partial charge in [-0.05, 0) is 67.7 Å². The SMILES string of the molecule is Cc1cc(CN[C@H]2CC[C@H](C(C)C)CC2)cnc1-c1cccc(C(N)=O)c1. The fourth-order valence-corrected chi connectivity index (χ4v) is 4.10. The predicted molar refractivity (Wildman–Crippen MR) is 110 cm³/mol. The molecule has 0 radical (unpaired) electrons. The highest BCUT2D eigenvalue weighted by Crippen LogP contribution is 2.30. The van der Waals surface area contributed by atoms with Gasteiger partial charge in [0.25, 0.3) is 0 Å². The van der Waals surface area contributed by atoms with E-state index in [4.69, 9.17) is 5.73 Å². The third-order valence-corrected chi connectivity index (χ3v) is 5.86. The van der Waals surface area contributed by atoms with Crippen molar-refractivity contribution in [2.24, 2.45) is 17.6 Å². The first-order chi connectivity index (χ1) is 12.9. The highest BCUT2D eigenvalue weighted by Gasteiger charge is 2.22. The largest absolute Gasteiger partial charge is 0.366 e. The topological polar surface area (TPSA) is 68.0 Å². The number of hydrogen-bond acceptors (Lipinski definition) is 3. The van der Waals surface area contributed by atoms with Gasteiger partial charge < -0.3 is 11.1 Å². The van der Waals surface area contributed by atoms with Gasteiger partial charge in [0.2, 0.25) is 5.91 Å². The molecule has 1 aromatic heterocycles. The third kappa shape index (κ3) is 4.95. The van der Waals surface area contributed by atoms with Gasteiger partial charge in [-0.25, -0.2) is 0 Å². The Morgan fingerprint density at radius 1 is 1.22 bits per heavy atom. The standard InChI is InChI=1S/C23H31N3O/c1-15(2)18-7-9-21(10-8-18)25-13-17-11-16(3)22(26-14-17)19-5-4-6-20(12-19)23(24)27/h4-6,11-12,14-15,18,21,25H,7-10,13H2,1-3H3,(H2,24,27)/t18-,21-. The van der Waals surface area contributed by atoms with Crippen molar-refractivity contribution in [3.8, 4) is 11.3 Å². The molecule has 0 unspecified atom stereocenters. The molecule has 1 fully saturated rings. The molecule has 0 aliphatic heterocycles. The maximum absolute atomic E-state index is 11.4. The lowest BCUT2D eigenvalue weighted by molar-refractivity contribution is 0.100. The van der Waals surface area contributed by atoms with Gasteiger partial charge in [0.15, 0.2) is 0 Å². The summed E-state index contributed by atoms with van der Waals surface area (Å²) in [5.74, 6) is 1.28. The zero-order chi connectivity index (χ0) is 19.4. The fourth-order valence-electron chi connectivity index (χ4n) is 4.10. The normalized spacial score (nSPS) is 20.0. The number of primary amides is 1. The Labute approximate surface area is 162 Å². The van der Waals surface area contributed by atoms with Crippen LogP contribution in [0.5, 0.6) is 0 Å². The summed E-state index contributed by atoms with van der Waals surface area (Å²) >= 11 is 0. The first-order valence-electron chi connectivity index (χ1n) is 10.0. The number of pyridine rings is 1. The van der Waals surface area contributed by atoms with Crippen molar-refractivity contribution < 1.29 is 4.79 Å². The number of amides is 1. The molecule has 1 saturated carbocycles. The maximum Gasteiger partial charge on any atom is 0.248 e. The molecule has 0 atom stereocenters. The fraction of sp³-hybridized carbons (Fsp3) is 0.478. The van der Waals surface area contributed by atoms with Crippen LogP contribution in [0.1, 0.15) is 61.0 Å². The minimum Gasteiger partial charge on any atom is -0.366 e. The van der Waals surface area contributed by atoms with E-state index >= 15 is 0 Å². The van der Waals surface area contributed by atoms with Gasteiger partial charge in [0, 0.05) is 29.9 Å². The van der Waals surface area contributed by atoms with Crippen LogP contribution in [-0.4, -0.2) is 16.9 Å². The minimum atomic E-state index is -0.414. The van der Waals surface area contributed by atoms with Crippen molar-refractivity contribution in [1.82, 2.24) is 10.3 Å². The molecular weight excluding hydrogens is 334 g/mol. The number of carbonyl (C=O) groups excluding carboxylic acids is 1. The number of rotatable bonds is 6. The van der Waals surface area contributed by atoms with E-state index in [9.17, 15) is 4.79 Å². The number of carbonyl (C=O) groups is 1. The number of benzene rings is 1. The Kier molecular flexibility index (Phi) is 6.27. The van der Waals surface area contributed by atoms with E-state index in [1.54, 1.807) is 6.07 Å². The van der Waals surface area contributed by atoms with Crippen molar-refractivity contribution >= 4 is 5.91 Å². The lowest BCUT2D eigenvalue weighted by Gasteiger charge is -2.31. The van der Waals surface area contributed by atoms with Crippen LogP contribution in [0.3, 0.4) is 0 Å². The lowest BCUT2D eigenvalue weighted by Crippen LogP contribution is -2.33. The summed E-state index contributed by atoms with van der Waals surface area (Å²) in [6, 6.07) is 10.2. The quantitative estimate of drug-likeness (QED) is 0.794. The van der Waals surface area contributed by atoms with Gasteiger partial charge in [0.05, 0.1) is 5.69 Å². The second-order valence-electron chi connectivity index (χ2n) is 8.19. The molecule has 1 aliphatic carbocycles. The van der Waals surface area contributed by atoms with E-state index < -0.39 is 5.91 Å². The van der Waals surface area contributed by atoms with Gasteiger partial charge >= 0.3 is 0 Å². The van der Waals surface area contributed by atoms with E-state index in [1.807, 2.05) is 24.4 Å². The van der Waals surface area contributed by atoms with E-state index in [1.165, 1.54) is 31.2 Å². The summed E-state index contributed by atoms with van der Waals surface area (Å²) in [4.78, 5) is 16.1. The van der Waals surface area contributed by atoms with Crippen LogP contribution in [-0.2, 0) is 6.54 Å². The highest BCUT2D eigenvalue weighted by atomic mass is 16.1. The monoisotopic (exact) mass is 365 g/mol. The lowest BCUT2D eigenvalue weighted by atomic mass is 9.80. The van der Waals surface area contributed by atoms with Crippen LogP contribution in [0.25, 0.3) is 11.3 Å². The summed E-state index contributed by atoms with van der Waals surface area (Å²) in [5.41, 5.74) is 10.0. The molecule has 0 spiro atoms. The molecule has 4 heteroatoms. The summed E-state index contributed by atoms with van der Waals surface area (Å²) < 4.78 is 0. The van der Waals surface area contributed by atoms with Gasteiger partial charge in [-0.2, -0.15) is 0 Å². The average Bonchev–Trinajstić information content (AvgIpc) is 2.67. The Morgan fingerprint density at radius 2 is 1.96 bits per heavy atom. The molecule has 144 valence electrons. The second kappa shape index (κ2) is 8.66. The maximum atomic E-state index is 11.4. The first kappa shape index (κ1) is 19.6. The van der Waals surface area contributed by atoms with E-state index in [0.29, 0.717) is 11.6 Å². The van der Waals surface area contributed by atoms with Crippen molar-refractivity contribution in [3.05, 3.63) is 53.2 Å². The van der Waals surface area contributed by atoms with E-state index in [-0.39, 0.29) is 0 Å². The molecule has 0 saturated heterocycles. The molecule has 27 heavy (non-hydrogen) atoms. The highest BCUT2D eigenvalue weighted by molar-refractivity contribution is 5.94.